The minimum atomic E-state index is -3.53. The second-order valence-electron chi connectivity index (χ2n) is 11.2. The highest BCUT2D eigenvalue weighted by Gasteiger charge is 2.28. The van der Waals surface area contributed by atoms with Crippen LogP contribution in [0.4, 0.5) is 17.5 Å². The van der Waals surface area contributed by atoms with Crippen LogP contribution in [0, 0.1) is 0 Å². The van der Waals surface area contributed by atoms with Crippen molar-refractivity contribution in [1.29, 1.82) is 0 Å². The van der Waals surface area contributed by atoms with Gasteiger partial charge in [-0.05, 0) is 46.8 Å². The number of ether oxygens (including phenoxy) is 4. The quantitative estimate of drug-likeness (QED) is 0.129. The fraction of sp³-hybridized carbons (Fsp3) is 0.613. The van der Waals surface area contributed by atoms with Crippen molar-refractivity contribution in [3.05, 3.63) is 40.0 Å². The number of fused-ring (bicyclic) bond motifs is 1. The Hall–Kier alpha value is -2.93. The Balaban J connectivity index is 1.08. The highest BCUT2D eigenvalue weighted by molar-refractivity contribution is 9.10. The fourth-order valence-electron chi connectivity index (χ4n) is 5.10. The van der Waals surface area contributed by atoms with Gasteiger partial charge in [-0.3, -0.25) is 9.59 Å². The standard InChI is InChI=1S/C31H46BrN7O8S/c1-2-12-44-14-16-46-18-19-47-17-15-45-13-8-27(40)33-9-20-48(42,43)39-10-6-24(7-11-39)36-31-35-22-25(32)29(38-31)37-26-5-3-4-23-21-34-30(41)28(23)26/h3-5,22,24H,2,6-21H2,1H3,(H,33,40)(H,34,41)(H2,35,36,37,38). The van der Waals surface area contributed by atoms with Crippen LogP contribution in [0.3, 0.4) is 0 Å². The molecule has 2 amide bonds. The average Bonchev–Trinajstić information content (AvgIpc) is 3.46. The van der Waals surface area contributed by atoms with Crippen LogP contribution in [0.1, 0.15) is 48.5 Å². The van der Waals surface area contributed by atoms with Gasteiger partial charge in [-0.2, -0.15) is 4.98 Å². The summed E-state index contributed by atoms with van der Waals surface area (Å²) in [6.07, 6.45) is 3.89. The van der Waals surface area contributed by atoms with Crippen LogP contribution in [0.25, 0.3) is 0 Å². The molecule has 4 N–H and O–H groups in total. The topological polar surface area (TPSA) is 182 Å². The molecule has 48 heavy (non-hydrogen) atoms. The summed E-state index contributed by atoms with van der Waals surface area (Å²) in [6.45, 7) is 7.03. The zero-order chi connectivity index (χ0) is 34.2. The second kappa shape index (κ2) is 19.9. The van der Waals surface area contributed by atoms with E-state index < -0.39 is 10.0 Å². The molecule has 0 spiro atoms. The molecule has 266 valence electrons. The number of carbonyl (C=O) groups excluding carboxylic acids is 2. The maximum atomic E-state index is 12.9. The van der Waals surface area contributed by atoms with Crippen LogP contribution in [0.2, 0.25) is 0 Å². The number of hydrogen-bond donors (Lipinski definition) is 4. The van der Waals surface area contributed by atoms with E-state index in [0.717, 1.165) is 18.6 Å². The number of anilines is 3. The number of rotatable bonds is 22. The number of nitrogens with zero attached hydrogens (tertiary/aromatic N) is 3. The van der Waals surface area contributed by atoms with E-state index in [1.807, 2.05) is 18.2 Å². The molecule has 0 radical (unpaired) electrons. The molecule has 3 heterocycles. The number of sulfonamides is 1. The van der Waals surface area contributed by atoms with Gasteiger partial charge in [-0.1, -0.05) is 19.1 Å². The summed E-state index contributed by atoms with van der Waals surface area (Å²) in [6, 6.07) is 5.59. The number of aromatic nitrogens is 2. The number of hydrogen-bond acceptors (Lipinski definition) is 12. The molecule has 0 bridgehead atoms. The first-order valence-electron chi connectivity index (χ1n) is 16.3. The molecule has 1 aromatic carbocycles. The van der Waals surface area contributed by atoms with E-state index in [0.29, 0.717) is 99.6 Å². The van der Waals surface area contributed by atoms with Gasteiger partial charge in [0.05, 0.1) is 67.7 Å². The van der Waals surface area contributed by atoms with Crippen molar-refractivity contribution in [3.63, 3.8) is 0 Å². The summed E-state index contributed by atoms with van der Waals surface area (Å²) < 4.78 is 49.5. The maximum absolute atomic E-state index is 12.9. The largest absolute Gasteiger partial charge is 0.379 e. The summed E-state index contributed by atoms with van der Waals surface area (Å²) >= 11 is 3.47. The Bertz CT molecular complexity index is 1440. The molecule has 17 heteroatoms. The molecule has 1 fully saturated rings. The molecule has 15 nitrogen and oxygen atoms in total. The van der Waals surface area contributed by atoms with Crippen LogP contribution < -0.4 is 21.3 Å². The molecule has 0 saturated carbocycles. The van der Waals surface area contributed by atoms with Gasteiger partial charge in [-0.25, -0.2) is 17.7 Å². The maximum Gasteiger partial charge on any atom is 0.254 e. The molecule has 0 unspecified atom stereocenters. The lowest BCUT2D eigenvalue weighted by Crippen LogP contribution is -2.45. The smallest absolute Gasteiger partial charge is 0.254 e. The van der Waals surface area contributed by atoms with Gasteiger partial charge < -0.3 is 40.2 Å². The molecule has 0 atom stereocenters. The molecule has 2 aliphatic rings. The molecular formula is C31H46BrN7O8S. The Kier molecular flexibility index (Phi) is 15.7. The lowest BCUT2D eigenvalue weighted by Gasteiger charge is -2.31. The first kappa shape index (κ1) is 37.9. The number of benzene rings is 1. The van der Waals surface area contributed by atoms with E-state index in [1.54, 1.807) is 6.20 Å². The van der Waals surface area contributed by atoms with E-state index in [1.165, 1.54) is 4.31 Å². The van der Waals surface area contributed by atoms with Gasteiger partial charge in [-0.15, -0.1) is 0 Å². The van der Waals surface area contributed by atoms with Crippen LogP contribution >= 0.6 is 15.9 Å². The molecule has 4 rings (SSSR count). The van der Waals surface area contributed by atoms with Crippen molar-refractivity contribution in [2.75, 3.05) is 88.9 Å². The Morgan fingerprint density at radius 3 is 2.38 bits per heavy atom. The summed E-state index contributed by atoms with van der Waals surface area (Å²) in [7, 11) is -3.53. The molecule has 1 saturated heterocycles. The van der Waals surface area contributed by atoms with Crippen molar-refractivity contribution in [2.45, 2.75) is 45.2 Å². The third-order valence-electron chi connectivity index (χ3n) is 7.62. The fourth-order valence-corrected chi connectivity index (χ4v) is 6.78. The monoisotopic (exact) mass is 755 g/mol. The highest BCUT2D eigenvalue weighted by atomic mass is 79.9. The minimum absolute atomic E-state index is 0.0221. The van der Waals surface area contributed by atoms with Crippen LogP contribution in [-0.2, 0) is 40.3 Å². The molecule has 2 aromatic rings. The van der Waals surface area contributed by atoms with Gasteiger partial charge in [0.1, 0.15) is 5.82 Å². The number of halogens is 1. The third-order valence-corrected chi connectivity index (χ3v) is 10.1. The lowest BCUT2D eigenvalue weighted by molar-refractivity contribution is -0.122. The number of nitrogens with one attached hydrogen (secondary N) is 4. The van der Waals surface area contributed by atoms with Gasteiger partial charge >= 0.3 is 0 Å². The normalized spacial score (nSPS) is 15.2. The van der Waals surface area contributed by atoms with Gasteiger partial charge in [0, 0.05) is 51.4 Å². The SMILES string of the molecule is CCCOCCOCCOCCOCCC(=O)NCCS(=O)(=O)N1CCC(Nc2ncc(Br)c(Nc3cccc4c3C(=O)NC4)n2)CC1. The first-order valence-corrected chi connectivity index (χ1v) is 18.7. The van der Waals surface area contributed by atoms with Gasteiger partial charge in [0.25, 0.3) is 5.91 Å². The van der Waals surface area contributed by atoms with Gasteiger partial charge in [0.15, 0.2) is 0 Å². The molecular weight excluding hydrogens is 710 g/mol. The zero-order valence-electron chi connectivity index (χ0n) is 27.3. The summed E-state index contributed by atoms with van der Waals surface area (Å²) in [5, 5.41) is 12.0. The van der Waals surface area contributed by atoms with Crippen molar-refractivity contribution >= 4 is 55.2 Å². The third kappa shape index (κ3) is 12.2. The summed E-state index contributed by atoms with van der Waals surface area (Å²) in [5.74, 6) is 0.322. The predicted molar refractivity (Wildman–Crippen MR) is 184 cm³/mol. The van der Waals surface area contributed by atoms with Crippen molar-refractivity contribution in [2.24, 2.45) is 0 Å². The molecule has 1 aromatic heterocycles. The first-order chi connectivity index (χ1) is 23.3. The number of amides is 2. The number of carbonyl (C=O) groups is 2. The average molecular weight is 757 g/mol. The van der Waals surface area contributed by atoms with Crippen molar-refractivity contribution in [1.82, 2.24) is 24.9 Å². The van der Waals surface area contributed by atoms with Gasteiger partial charge in [0.2, 0.25) is 21.9 Å². The Morgan fingerprint density at radius 2 is 1.69 bits per heavy atom. The van der Waals surface area contributed by atoms with Crippen LogP contribution in [0.5, 0.6) is 0 Å². The molecule has 2 aliphatic heterocycles. The van der Waals surface area contributed by atoms with E-state index in [4.69, 9.17) is 18.9 Å². The Morgan fingerprint density at radius 1 is 1.02 bits per heavy atom. The minimum Gasteiger partial charge on any atom is -0.379 e. The molecule has 0 aliphatic carbocycles. The Labute approximate surface area is 290 Å². The van der Waals surface area contributed by atoms with E-state index in [2.05, 4.69) is 54.1 Å². The van der Waals surface area contributed by atoms with E-state index >= 15 is 0 Å². The summed E-state index contributed by atoms with van der Waals surface area (Å²) in [4.78, 5) is 33.4. The number of piperidine rings is 1. The van der Waals surface area contributed by atoms with Crippen molar-refractivity contribution in [3.8, 4) is 0 Å². The zero-order valence-corrected chi connectivity index (χ0v) is 29.7. The van der Waals surface area contributed by atoms with E-state index in [-0.39, 0.29) is 43.2 Å². The highest BCUT2D eigenvalue weighted by Crippen LogP contribution is 2.30. The van der Waals surface area contributed by atoms with E-state index in [9.17, 15) is 18.0 Å². The van der Waals surface area contributed by atoms with Crippen molar-refractivity contribution < 1.29 is 37.0 Å². The summed E-state index contributed by atoms with van der Waals surface area (Å²) in [5.41, 5.74) is 2.17. The lowest BCUT2D eigenvalue weighted by atomic mass is 10.1. The predicted octanol–water partition coefficient (Wildman–Crippen LogP) is 2.41. The second-order valence-corrected chi connectivity index (χ2v) is 14.2. The van der Waals surface area contributed by atoms with Crippen LogP contribution in [0.15, 0.2) is 28.9 Å². The van der Waals surface area contributed by atoms with Crippen LogP contribution in [-0.4, -0.2) is 119 Å².